The summed E-state index contributed by atoms with van der Waals surface area (Å²) in [6.45, 7) is 2.07. The Kier molecular flexibility index (Phi) is 6.37. The van der Waals surface area contributed by atoms with Crippen molar-refractivity contribution in [2.75, 3.05) is 26.2 Å². The van der Waals surface area contributed by atoms with Crippen molar-refractivity contribution >= 4 is 17.8 Å². The third kappa shape index (κ3) is 4.94. The van der Waals surface area contributed by atoms with Crippen molar-refractivity contribution in [3.8, 4) is 0 Å². The second kappa shape index (κ2) is 9.12. The zero-order valence-corrected chi connectivity index (χ0v) is 15.6. The fraction of sp³-hybridized carbons (Fsp3) is 0.333. The summed E-state index contributed by atoms with van der Waals surface area (Å²) in [5, 5.41) is 9.04. The van der Waals surface area contributed by atoms with Crippen LogP contribution in [0.5, 0.6) is 0 Å². The first-order chi connectivity index (χ1) is 13.5. The average Bonchev–Trinajstić information content (AvgIpc) is 2.98. The minimum atomic E-state index is -1.17. The molecule has 0 aliphatic carbocycles. The number of carboxylic acid groups (broad SMARTS) is 1. The van der Waals surface area contributed by atoms with E-state index in [9.17, 15) is 14.4 Å². The van der Waals surface area contributed by atoms with Gasteiger partial charge in [-0.3, -0.25) is 9.59 Å². The number of carboxylic acids is 1. The minimum Gasteiger partial charge on any atom is -0.477 e. The summed E-state index contributed by atoms with van der Waals surface area (Å²) in [4.78, 5) is 43.5. The van der Waals surface area contributed by atoms with E-state index in [0.717, 1.165) is 5.56 Å². The molecule has 0 bridgehead atoms. The van der Waals surface area contributed by atoms with E-state index in [1.807, 2.05) is 35.2 Å². The molecule has 1 aliphatic heterocycles. The molecule has 28 heavy (non-hydrogen) atoms. The lowest BCUT2D eigenvalue weighted by molar-refractivity contribution is -0.131. The highest BCUT2D eigenvalue weighted by Gasteiger charge is 2.23. The van der Waals surface area contributed by atoms with Gasteiger partial charge in [0.25, 0.3) is 5.91 Å². The maximum absolute atomic E-state index is 12.7. The first kappa shape index (κ1) is 19.5. The van der Waals surface area contributed by atoms with Gasteiger partial charge < -0.3 is 14.9 Å². The Morgan fingerprint density at radius 2 is 1.68 bits per heavy atom. The number of benzene rings is 1. The van der Waals surface area contributed by atoms with Gasteiger partial charge >= 0.3 is 5.97 Å². The number of aromatic nitrogens is 1. The van der Waals surface area contributed by atoms with Crippen LogP contribution >= 0.6 is 0 Å². The van der Waals surface area contributed by atoms with Crippen molar-refractivity contribution in [1.29, 1.82) is 0 Å². The number of pyridine rings is 1. The molecule has 146 valence electrons. The predicted molar refractivity (Wildman–Crippen MR) is 103 cm³/mol. The lowest BCUT2D eigenvalue weighted by atomic mass is 10.1. The maximum atomic E-state index is 12.7. The van der Waals surface area contributed by atoms with Gasteiger partial charge in [-0.05, 0) is 30.5 Å². The van der Waals surface area contributed by atoms with E-state index >= 15 is 0 Å². The van der Waals surface area contributed by atoms with Crippen LogP contribution < -0.4 is 0 Å². The number of carbonyl (C=O) groups is 3. The molecule has 7 heteroatoms. The smallest absolute Gasteiger partial charge is 0.354 e. The summed E-state index contributed by atoms with van der Waals surface area (Å²) in [6.07, 6.45) is 3.17. The zero-order valence-electron chi connectivity index (χ0n) is 15.6. The van der Waals surface area contributed by atoms with Crippen LogP contribution in [0.1, 0.15) is 39.3 Å². The maximum Gasteiger partial charge on any atom is 0.354 e. The Labute approximate surface area is 163 Å². The number of carbonyl (C=O) groups excluding carboxylic acids is 2. The van der Waals surface area contributed by atoms with Crippen molar-refractivity contribution < 1.29 is 19.5 Å². The number of aryl methyl sites for hydroxylation is 1. The highest BCUT2D eigenvalue weighted by molar-refractivity contribution is 5.96. The van der Waals surface area contributed by atoms with Crippen molar-refractivity contribution in [2.45, 2.75) is 19.3 Å². The highest BCUT2D eigenvalue weighted by Crippen LogP contribution is 2.12. The number of nitrogens with zero attached hydrogens (tertiary/aromatic N) is 3. The number of rotatable bonds is 5. The predicted octanol–water partition coefficient (Wildman–Crippen LogP) is 2.09. The monoisotopic (exact) mass is 381 g/mol. The number of hydrogen-bond acceptors (Lipinski definition) is 4. The second-order valence-electron chi connectivity index (χ2n) is 6.75. The Hall–Kier alpha value is -3.22. The second-order valence-corrected chi connectivity index (χ2v) is 6.75. The molecule has 3 rings (SSSR count). The first-order valence-electron chi connectivity index (χ1n) is 9.35. The molecule has 1 N–H and O–H groups in total. The number of aromatic carboxylic acids is 1. The van der Waals surface area contributed by atoms with Crippen LogP contribution in [0.25, 0.3) is 0 Å². The molecule has 2 aromatic rings. The van der Waals surface area contributed by atoms with Gasteiger partial charge in [0.2, 0.25) is 5.91 Å². The Balaban J connectivity index is 1.57. The highest BCUT2D eigenvalue weighted by atomic mass is 16.4. The largest absolute Gasteiger partial charge is 0.477 e. The fourth-order valence-corrected chi connectivity index (χ4v) is 3.29. The quantitative estimate of drug-likeness (QED) is 0.856. The molecular weight excluding hydrogens is 358 g/mol. The molecule has 7 nitrogen and oxygen atoms in total. The minimum absolute atomic E-state index is 0.0928. The molecule has 2 heterocycles. The van der Waals surface area contributed by atoms with Crippen molar-refractivity contribution in [2.24, 2.45) is 0 Å². The molecule has 1 aromatic heterocycles. The van der Waals surface area contributed by atoms with Crippen LogP contribution in [0, 0.1) is 0 Å². The summed E-state index contributed by atoms with van der Waals surface area (Å²) in [5.41, 5.74) is 1.28. The zero-order chi connectivity index (χ0) is 19.9. The Morgan fingerprint density at radius 1 is 0.964 bits per heavy atom. The Bertz CT molecular complexity index is 854. The lowest BCUT2D eigenvalue weighted by Gasteiger charge is -2.22. The van der Waals surface area contributed by atoms with Gasteiger partial charge in [0.05, 0.1) is 0 Å². The van der Waals surface area contributed by atoms with E-state index in [-0.39, 0.29) is 17.5 Å². The van der Waals surface area contributed by atoms with Crippen LogP contribution in [0.4, 0.5) is 0 Å². The van der Waals surface area contributed by atoms with E-state index in [2.05, 4.69) is 4.98 Å². The first-order valence-corrected chi connectivity index (χ1v) is 9.35. The van der Waals surface area contributed by atoms with Gasteiger partial charge in [-0.15, -0.1) is 0 Å². The fourth-order valence-electron chi connectivity index (χ4n) is 3.29. The molecule has 1 aliphatic rings. The van der Waals surface area contributed by atoms with Crippen LogP contribution in [-0.4, -0.2) is 63.9 Å². The molecule has 1 aromatic carbocycles. The molecule has 0 atom stereocenters. The summed E-state index contributed by atoms with van der Waals surface area (Å²) in [6, 6.07) is 12.7. The van der Waals surface area contributed by atoms with Gasteiger partial charge in [0, 0.05) is 44.4 Å². The number of amides is 2. The molecule has 2 amide bonds. The van der Waals surface area contributed by atoms with Crippen molar-refractivity contribution in [3.63, 3.8) is 0 Å². The summed E-state index contributed by atoms with van der Waals surface area (Å²) in [5.74, 6) is -1.31. The molecule has 0 saturated carbocycles. The molecule has 1 saturated heterocycles. The van der Waals surface area contributed by atoms with E-state index in [4.69, 9.17) is 5.11 Å². The normalized spacial score (nSPS) is 14.4. The third-order valence-electron chi connectivity index (χ3n) is 4.83. The van der Waals surface area contributed by atoms with E-state index in [0.29, 0.717) is 51.0 Å². The van der Waals surface area contributed by atoms with Gasteiger partial charge in [-0.1, -0.05) is 30.3 Å². The SMILES string of the molecule is O=C(O)c1cc(C(=O)N2CCCN(C(=O)CCc3ccccc3)CC2)ccn1. The topological polar surface area (TPSA) is 90.8 Å². The molecule has 0 unspecified atom stereocenters. The average molecular weight is 381 g/mol. The number of hydrogen-bond donors (Lipinski definition) is 1. The van der Waals surface area contributed by atoms with Crippen molar-refractivity contribution in [3.05, 3.63) is 65.5 Å². The van der Waals surface area contributed by atoms with E-state index < -0.39 is 5.97 Å². The van der Waals surface area contributed by atoms with Crippen LogP contribution in [0.3, 0.4) is 0 Å². The molecule has 0 spiro atoms. The van der Waals surface area contributed by atoms with Crippen LogP contribution in [0.15, 0.2) is 48.7 Å². The third-order valence-corrected chi connectivity index (χ3v) is 4.83. The van der Waals surface area contributed by atoms with Gasteiger partial charge in [-0.25, -0.2) is 9.78 Å². The van der Waals surface area contributed by atoms with Gasteiger partial charge in [0.15, 0.2) is 0 Å². The van der Waals surface area contributed by atoms with Crippen LogP contribution in [-0.2, 0) is 11.2 Å². The van der Waals surface area contributed by atoms with Gasteiger partial charge in [0.1, 0.15) is 5.69 Å². The Morgan fingerprint density at radius 3 is 2.43 bits per heavy atom. The van der Waals surface area contributed by atoms with E-state index in [1.54, 1.807) is 4.90 Å². The summed E-state index contributed by atoms with van der Waals surface area (Å²) >= 11 is 0. The molecular formula is C21H23N3O4. The van der Waals surface area contributed by atoms with Crippen LogP contribution in [0.2, 0.25) is 0 Å². The molecule has 0 radical (unpaired) electrons. The van der Waals surface area contributed by atoms with Gasteiger partial charge in [-0.2, -0.15) is 0 Å². The standard InChI is InChI=1S/C21H23N3O4/c25-19(8-7-16-5-2-1-3-6-16)23-11-4-12-24(14-13-23)20(26)17-9-10-22-18(15-17)21(27)28/h1-3,5-6,9-10,15H,4,7-8,11-14H2,(H,27,28). The van der Waals surface area contributed by atoms with E-state index in [1.165, 1.54) is 18.3 Å². The summed E-state index contributed by atoms with van der Waals surface area (Å²) < 4.78 is 0. The van der Waals surface area contributed by atoms with Crippen molar-refractivity contribution in [1.82, 2.24) is 14.8 Å². The summed E-state index contributed by atoms with van der Waals surface area (Å²) in [7, 11) is 0. The molecule has 1 fully saturated rings. The lowest BCUT2D eigenvalue weighted by Crippen LogP contribution is -2.37.